The Bertz CT molecular complexity index is 459. The summed E-state index contributed by atoms with van der Waals surface area (Å²) in [7, 11) is 0. The quantitative estimate of drug-likeness (QED) is 0.647. The number of carbonyl (C=O) groups excluding carboxylic acids is 1. The number of alkyl halides is 1. The fourth-order valence-corrected chi connectivity index (χ4v) is 2.66. The second-order valence-corrected chi connectivity index (χ2v) is 5.32. The van der Waals surface area contributed by atoms with Crippen LogP contribution in [0.25, 0.3) is 0 Å². The predicted molar refractivity (Wildman–Crippen MR) is 75.9 cm³/mol. The van der Waals surface area contributed by atoms with Gasteiger partial charge in [0.05, 0.1) is 5.56 Å². The minimum Gasteiger partial charge on any atom is -0.508 e. The fraction of sp³-hybridized carbons (Fsp3) is 0.462. The highest BCUT2D eigenvalue weighted by Crippen LogP contribution is 2.23. The summed E-state index contributed by atoms with van der Waals surface area (Å²) in [6.07, 6.45) is 0. The maximum absolute atomic E-state index is 12.3. The average molecular weight is 329 g/mol. The van der Waals surface area contributed by atoms with E-state index in [4.69, 9.17) is 0 Å². The topological polar surface area (TPSA) is 64.0 Å². The molecular formula is C13H17BrN2O3. The maximum atomic E-state index is 12.3. The van der Waals surface area contributed by atoms with Crippen LogP contribution in [0.2, 0.25) is 0 Å². The minimum atomic E-state index is -0.230. The molecule has 5 nitrogen and oxygen atoms in total. The molecule has 0 aliphatic carbocycles. The number of benzene rings is 1. The molecule has 19 heavy (non-hydrogen) atoms. The van der Waals surface area contributed by atoms with Crippen molar-refractivity contribution in [3.63, 3.8) is 0 Å². The van der Waals surface area contributed by atoms with E-state index in [-0.39, 0.29) is 23.0 Å². The van der Waals surface area contributed by atoms with E-state index in [1.165, 1.54) is 18.2 Å². The molecule has 0 bridgehead atoms. The highest BCUT2D eigenvalue weighted by atomic mass is 79.9. The molecule has 0 saturated carbocycles. The number of amides is 1. The van der Waals surface area contributed by atoms with Crippen molar-refractivity contribution in [3.05, 3.63) is 23.8 Å². The predicted octanol–water partition coefficient (Wildman–Crippen LogP) is 1.25. The molecule has 1 aliphatic rings. The summed E-state index contributed by atoms with van der Waals surface area (Å²) in [6.45, 7) is 3.91. The summed E-state index contributed by atoms with van der Waals surface area (Å²) >= 11 is 3.40. The summed E-state index contributed by atoms with van der Waals surface area (Å²) in [6, 6.07) is 4.01. The molecule has 2 rings (SSSR count). The molecule has 0 aromatic heterocycles. The number of nitrogens with zero attached hydrogens (tertiary/aromatic N) is 2. The largest absolute Gasteiger partial charge is 0.508 e. The van der Waals surface area contributed by atoms with E-state index in [0.717, 1.165) is 25.0 Å². The Morgan fingerprint density at radius 3 is 2.53 bits per heavy atom. The smallest absolute Gasteiger partial charge is 0.257 e. The van der Waals surface area contributed by atoms with Crippen LogP contribution in [0.15, 0.2) is 18.2 Å². The molecule has 1 fully saturated rings. The van der Waals surface area contributed by atoms with Crippen molar-refractivity contribution in [1.29, 1.82) is 0 Å². The molecule has 104 valence electrons. The van der Waals surface area contributed by atoms with Gasteiger partial charge < -0.3 is 15.1 Å². The zero-order chi connectivity index (χ0) is 13.8. The number of phenols is 2. The van der Waals surface area contributed by atoms with Crippen molar-refractivity contribution in [2.75, 3.05) is 38.1 Å². The van der Waals surface area contributed by atoms with Gasteiger partial charge in [0.1, 0.15) is 11.5 Å². The van der Waals surface area contributed by atoms with E-state index in [1.807, 2.05) is 0 Å². The van der Waals surface area contributed by atoms with Crippen LogP contribution < -0.4 is 0 Å². The second kappa shape index (κ2) is 6.25. The molecule has 1 aromatic carbocycles. The first-order chi connectivity index (χ1) is 9.11. The van der Waals surface area contributed by atoms with Crippen LogP contribution in [0.1, 0.15) is 10.4 Å². The SMILES string of the molecule is O=C(c1cc(O)ccc1O)N1CCN(CCBr)CC1. The number of hydrogen-bond donors (Lipinski definition) is 2. The highest BCUT2D eigenvalue weighted by molar-refractivity contribution is 9.09. The maximum Gasteiger partial charge on any atom is 0.257 e. The monoisotopic (exact) mass is 328 g/mol. The Morgan fingerprint density at radius 1 is 1.21 bits per heavy atom. The summed E-state index contributed by atoms with van der Waals surface area (Å²) in [5, 5.41) is 20.0. The normalized spacial score (nSPS) is 16.6. The summed E-state index contributed by atoms with van der Waals surface area (Å²) < 4.78 is 0. The molecule has 1 aliphatic heterocycles. The molecule has 1 saturated heterocycles. The Hall–Kier alpha value is -1.27. The number of rotatable bonds is 3. The van der Waals surface area contributed by atoms with Crippen LogP contribution >= 0.6 is 15.9 Å². The lowest BCUT2D eigenvalue weighted by molar-refractivity contribution is 0.0641. The van der Waals surface area contributed by atoms with Crippen molar-refractivity contribution in [2.24, 2.45) is 0 Å². The van der Waals surface area contributed by atoms with Crippen LogP contribution in [-0.4, -0.2) is 64.0 Å². The number of carbonyl (C=O) groups is 1. The van der Waals surface area contributed by atoms with Gasteiger partial charge in [-0.15, -0.1) is 0 Å². The number of halogens is 1. The van der Waals surface area contributed by atoms with Gasteiger partial charge in [0, 0.05) is 38.1 Å². The van der Waals surface area contributed by atoms with Crippen molar-refractivity contribution < 1.29 is 15.0 Å². The van der Waals surface area contributed by atoms with Crippen LogP contribution in [0, 0.1) is 0 Å². The Balaban J connectivity index is 2.03. The van der Waals surface area contributed by atoms with Crippen LogP contribution in [-0.2, 0) is 0 Å². The van der Waals surface area contributed by atoms with Gasteiger partial charge in [-0.25, -0.2) is 0 Å². The lowest BCUT2D eigenvalue weighted by Crippen LogP contribution is -2.49. The summed E-state index contributed by atoms with van der Waals surface area (Å²) in [5.74, 6) is -0.336. The van der Waals surface area contributed by atoms with Crippen LogP contribution in [0.5, 0.6) is 11.5 Å². The van der Waals surface area contributed by atoms with Crippen LogP contribution in [0.4, 0.5) is 0 Å². The molecule has 1 heterocycles. The lowest BCUT2D eigenvalue weighted by Gasteiger charge is -2.34. The average Bonchev–Trinajstić information content (AvgIpc) is 2.42. The number of phenolic OH excluding ortho intramolecular Hbond substituents is 2. The number of aromatic hydroxyl groups is 2. The van der Waals surface area contributed by atoms with Gasteiger partial charge in [-0.05, 0) is 18.2 Å². The molecule has 0 unspecified atom stereocenters. The van der Waals surface area contributed by atoms with Gasteiger partial charge in [0.25, 0.3) is 5.91 Å². The van der Waals surface area contributed by atoms with Gasteiger partial charge in [-0.3, -0.25) is 9.69 Å². The van der Waals surface area contributed by atoms with E-state index in [0.29, 0.717) is 13.1 Å². The Morgan fingerprint density at radius 2 is 1.89 bits per heavy atom. The molecule has 0 spiro atoms. The zero-order valence-corrected chi connectivity index (χ0v) is 12.1. The number of piperazine rings is 1. The summed E-state index contributed by atoms with van der Waals surface area (Å²) in [5.41, 5.74) is 0.161. The zero-order valence-electron chi connectivity index (χ0n) is 10.5. The van der Waals surface area contributed by atoms with Gasteiger partial charge in [-0.2, -0.15) is 0 Å². The fourth-order valence-electron chi connectivity index (χ4n) is 2.16. The lowest BCUT2D eigenvalue weighted by atomic mass is 10.1. The first-order valence-electron chi connectivity index (χ1n) is 6.21. The molecular weight excluding hydrogens is 312 g/mol. The van der Waals surface area contributed by atoms with E-state index in [9.17, 15) is 15.0 Å². The molecule has 2 N–H and O–H groups in total. The van der Waals surface area contributed by atoms with Gasteiger partial charge in [0.2, 0.25) is 0 Å². The molecule has 1 aromatic rings. The van der Waals surface area contributed by atoms with E-state index in [1.54, 1.807) is 4.90 Å². The Labute approximate surface area is 120 Å². The number of hydrogen-bond acceptors (Lipinski definition) is 4. The second-order valence-electron chi connectivity index (χ2n) is 4.52. The molecule has 1 amide bonds. The van der Waals surface area contributed by atoms with Crippen molar-refractivity contribution in [3.8, 4) is 11.5 Å². The van der Waals surface area contributed by atoms with Crippen LogP contribution in [0.3, 0.4) is 0 Å². The standard InChI is InChI=1S/C13H17BrN2O3/c14-3-4-15-5-7-16(8-6-15)13(19)11-9-10(17)1-2-12(11)18/h1-2,9,17-18H,3-8H2. The van der Waals surface area contributed by atoms with Crippen molar-refractivity contribution in [1.82, 2.24) is 9.80 Å². The van der Waals surface area contributed by atoms with E-state index in [2.05, 4.69) is 20.8 Å². The van der Waals surface area contributed by atoms with Gasteiger partial charge >= 0.3 is 0 Å². The van der Waals surface area contributed by atoms with Gasteiger partial charge in [-0.1, -0.05) is 15.9 Å². The Kier molecular flexibility index (Phi) is 4.66. The third-order valence-electron chi connectivity index (χ3n) is 3.27. The highest BCUT2D eigenvalue weighted by Gasteiger charge is 2.23. The van der Waals surface area contributed by atoms with Crippen molar-refractivity contribution in [2.45, 2.75) is 0 Å². The third kappa shape index (κ3) is 3.39. The van der Waals surface area contributed by atoms with Gasteiger partial charge in [0.15, 0.2) is 0 Å². The molecule has 0 radical (unpaired) electrons. The molecule has 6 heteroatoms. The van der Waals surface area contributed by atoms with Crippen molar-refractivity contribution >= 4 is 21.8 Å². The molecule has 0 atom stereocenters. The van der Waals surface area contributed by atoms with E-state index >= 15 is 0 Å². The third-order valence-corrected chi connectivity index (χ3v) is 3.63. The summed E-state index contributed by atoms with van der Waals surface area (Å²) in [4.78, 5) is 16.3. The van der Waals surface area contributed by atoms with E-state index < -0.39 is 0 Å². The first-order valence-corrected chi connectivity index (χ1v) is 7.33. The first kappa shape index (κ1) is 14.1. The minimum absolute atomic E-state index is 0.0147.